The molecule has 160 valence electrons. The van der Waals surface area contributed by atoms with E-state index in [1.807, 2.05) is 44.2 Å². The van der Waals surface area contributed by atoms with E-state index in [0.29, 0.717) is 5.75 Å². The highest BCUT2D eigenvalue weighted by Gasteiger charge is 2.30. The molecule has 2 rings (SSSR count). The van der Waals surface area contributed by atoms with Crippen LogP contribution in [0.25, 0.3) is 0 Å². The standard InChI is InChI=1S/C22H26N2O6/c1-5-14(2)20(16-9-7-6-8-10-16)22(26)30-15(3)21(25)23-18-12-11-17(29-4)13-19(18)24(27)28/h6-15,20H,5H2,1-4H3,(H,23,25)/t14-,15-,20+/m0/s1. The molecule has 1 amide bonds. The maximum absolute atomic E-state index is 12.8. The Morgan fingerprint density at radius 2 is 1.80 bits per heavy atom. The monoisotopic (exact) mass is 414 g/mol. The summed E-state index contributed by atoms with van der Waals surface area (Å²) in [6, 6.07) is 13.3. The van der Waals surface area contributed by atoms with Crippen LogP contribution in [0.3, 0.4) is 0 Å². The SMILES string of the molecule is CC[C@H](C)[C@@H](C(=O)O[C@@H](C)C(=O)Nc1ccc(OC)cc1[N+](=O)[O-])c1ccccc1. The molecular weight excluding hydrogens is 388 g/mol. The molecule has 0 aliphatic rings. The number of amides is 1. The molecule has 3 atom stereocenters. The van der Waals surface area contributed by atoms with Gasteiger partial charge in [0.25, 0.3) is 11.6 Å². The number of nitro benzene ring substituents is 1. The van der Waals surface area contributed by atoms with E-state index in [-0.39, 0.29) is 17.3 Å². The van der Waals surface area contributed by atoms with Crippen molar-refractivity contribution >= 4 is 23.3 Å². The Labute approximate surface area is 175 Å². The van der Waals surface area contributed by atoms with E-state index in [0.717, 1.165) is 12.0 Å². The number of esters is 1. The number of methoxy groups -OCH3 is 1. The second kappa shape index (κ2) is 10.4. The van der Waals surface area contributed by atoms with Crippen LogP contribution in [0.5, 0.6) is 5.75 Å². The molecule has 0 saturated carbocycles. The molecule has 0 aliphatic carbocycles. The largest absolute Gasteiger partial charge is 0.496 e. The van der Waals surface area contributed by atoms with E-state index >= 15 is 0 Å². The van der Waals surface area contributed by atoms with Gasteiger partial charge in [0, 0.05) is 0 Å². The lowest BCUT2D eigenvalue weighted by Gasteiger charge is -2.23. The first-order chi connectivity index (χ1) is 14.3. The van der Waals surface area contributed by atoms with E-state index in [1.165, 1.54) is 32.2 Å². The minimum absolute atomic E-state index is 0.00441. The third kappa shape index (κ3) is 5.56. The second-order valence-corrected chi connectivity index (χ2v) is 6.98. The van der Waals surface area contributed by atoms with Crippen molar-refractivity contribution in [2.45, 2.75) is 39.2 Å². The molecule has 8 nitrogen and oxygen atoms in total. The molecular formula is C22H26N2O6. The van der Waals surface area contributed by atoms with Crippen molar-refractivity contribution in [2.24, 2.45) is 5.92 Å². The Bertz CT molecular complexity index is 900. The van der Waals surface area contributed by atoms with Gasteiger partial charge in [0.1, 0.15) is 11.4 Å². The predicted molar refractivity (Wildman–Crippen MR) is 112 cm³/mol. The number of carbonyl (C=O) groups is 2. The van der Waals surface area contributed by atoms with Crippen LogP contribution in [0.4, 0.5) is 11.4 Å². The summed E-state index contributed by atoms with van der Waals surface area (Å²) in [5, 5.41) is 13.7. The van der Waals surface area contributed by atoms with Crippen LogP contribution in [0.1, 0.15) is 38.7 Å². The molecule has 2 aromatic rings. The summed E-state index contributed by atoms with van der Waals surface area (Å²) in [5.41, 5.74) is 0.494. The summed E-state index contributed by atoms with van der Waals surface area (Å²) in [4.78, 5) is 36.0. The van der Waals surface area contributed by atoms with Crippen molar-refractivity contribution in [3.63, 3.8) is 0 Å². The molecule has 0 fully saturated rings. The zero-order valence-corrected chi connectivity index (χ0v) is 17.5. The fraction of sp³-hybridized carbons (Fsp3) is 0.364. The minimum Gasteiger partial charge on any atom is -0.496 e. The topological polar surface area (TPSA) is 108 Å². The average molecular weight is 414 g/mol. The number of nitrogens with zero attached hydrogens (tertiary/aromatic N) is 1. The van der Waals surface area contributed by atoms with E-state index in [1.54, 1.807) is 0 Å². The van der Waals surface area contributed by atoms with Crippen LogP contribution < -0.4 is 10.1 Å². The quantitative estimate of drug-likeness (QED) is 0.372. The lowest BCUT2D eigenvalue weighted by molar-refractivity contribution is -0.384. The Hall–Kier alpha value is -3.42. The number of carbonyl (C=O) groups excluding carboxylic acids is 2. The van der Waals surface area contributed by atoms with E-state index in [9.17, 15) is 19.7 Å². The van der Waals surface area contributed by atoms with Gasteiger partial charge in [0.15, 0.2) is 6.10 Å². The molecule has 0 aromatic heterocycles. The Morgan fingerprint density at radius 3 is 2.37 bits per heavy atom. The molecule has 0 spiro atoms. The van der Waals surface area contributed by atoms with Gasteiger partial charge >= 0.3 is 5.97 Å². The van der Waals surface area contributed by atoms with Crippen LogP contribution in [0, 0.1) is 16.0 Å². The highest BCUT2D eigenvalue weighted by atomic mass is 16.6. The van der Waals surface area contributed by atoms with Crippen molar-refractivity contribution in [1.82, 2.24) is 0 Å². The number of nitrogens with one attached hydrogen (secondary N) is 1. The van der Waals surface area contributed by atoms with Crippen molar-refractivity contribution in [2.75, 3.05) is 12.4 Å². The molecule has 0 bridgehead atoms. The lowest BCUT2D eigenvalue weighted by Crippen LogP contribution is -2.33. The number of hydrogen-bond acceptors (Lipinski definition) is 6. The highest BCUT2D eigenvalue weighted by Crippen LogP contribution is 2.30. The summed E-state index contributed by atoms with van der Waals surface area (Å²) in [5.74, 6) is -1.38. The molecule has 8 heteroatoms. The molecule has 1 N–H and O–H groups in total. The van der Waals surface area contributed by atoms with Gasteiger partial charge in [-0.25, -0.2) is 0 Å². The smallest absolute Gasteiger partial charge is 0.314 e. The molecule has 30 heavy (non-hydrogen) atoms. The molecule has 2 aromatic carbocycles. The Balaban J connectivity index is 2.14. The summed E-state index contributed by atoms with van der Waals surface area (Å²) >= 11 is 0. The summed E-state index contributed by atoms with van der Waals surface area (Å²) in [6.07, 6.45) is -0.373. The van der Waals surface area contributed by atoms with Gasteiger partial charge in [-0.05, 0) is 30.5 Å². The summed E-state index contributed by atoms with van der Waals surface area (Å²) in [6.45, 7) is 5.36. The van der Waals surface area contributed by atoms with Crippen molar-refractivity contribution in [1.29, 1.82) is 0 Å². The summed E-state index contributed by atoms with van der Waals surface area (Å²) in [7, 11) is 1.39. The van der Waals surface area contributed by atoms with Gasteiger partial charge in [-0.1, -0.05) is 50.6 Å². The van der Waals surface area contributed by atoms with Crippen LogP contribution in [0.15, 0.2) is 48.5 Å². The van der Waals surface area contributed by atoms with Gasteiger partial charge in [0.05, 0.1) is 24.0 Å². The number of rotatable bonds is 9. The number of anilines is 1. The van der Waals surface area contributed by atoms with Crippen molar-refractivity contribution in [3.05, 3.63) is 64.2 Å². The lowest BCUT2D eigenvalue weighted by atomic mass is 9.85. The van der Waals surface area contributed by atoms with Gasteiger partial charge in [-0.15, -0.1) is 0 Å². The van der Waals surface area contributed by atoms with Crippen LogP contribution in [-0.2, 0) is 14.3 Å². The van der Waals surface area contributed by atoms with Crippen molar-refractivity contribution < 1.29 is 24.0 Å². The molecule has 0 heterocycles. The van der Waals surface area contributed by atoms with Gasteiger partial charge in [0.2, 0.25) is 0 Å². The predicted octanol–water partition coefficient (Wildman–Crippen LogP) is 4.30. The van der Waals surface area contributed by atoms with Gasteiger partial charge < -0.3 is 14.8 Å². The molecule has 0 saturated heterocycles. The molecule has 0 unspecified atom stereocenters. The van der Waals surface area contributed by atoms with Gasteiger partial charge in [-0.3, -0.25) is 19.7 Å². The highest BCUT2D eigenvalue weighted by molar-refractivity contribution is 5.97. The number of benzene rings is 2. The van der Waals surface area contributed by atoms with Crippen molar-refractivity contribution in [3.8, 4) is 5.75 Å². The van der Waals surface area contributed by atoms with Gasteiger partial charge in [-0.2, -0.15) is 0 Å². The minimum atomic E-state index is -1.13. The fourth-order valence-corrected chi connectivity index (χ4v) is 3.02. The van der Waals surface area contributed by atoms with E-state index < -0.39 is 28.8 Å². The van der Waals surface area contributed by atoms with Crippen LogP contribution >= 0.6 is 0 Å². The average Bonchev–Trinajstić information content (AvgIpc) is 2.74. The third-order valence-corrected chi connectivity index (χ3v) is 4.95. The van der Waals surface area contributed by atoms with Crippen LogP contribution in [0.2, 0.25) is 0 Å². The Kier molecular flexibility index (Phi) is 7.91. The van der Waals surface area contributed by atoms with E-state index in [4.69, 9.17) is 9.47 Å². The molecule has 0 aliphatic heterocycles. The number of hydrogen-bond donors (Lipinski definition) is 1. The normalized spacial score (nSPS) is 13.6. The third-order valence-electron chi connectivity index (χ3n) is 4.95. The summed E-state index contributed by atoms with van der Waals surface area (Å²) < 4.78 is 10.4. The first kappa shape index (κ1) is 22.9. The number of nitro groups is 1. The van der Waals surface area contributed by atoms with Crippen LogP contribution in [-0.4, -0.2) is 30.0 Å². The number of ether oxygens (including phenoxy) is 2. The fourth-order valence-electron chi connectivity index (χ4n) is 3.02. The van der Waals surface area contributed by atoms with E-state index in [2.05, 4.69) is 5.32 Å². The Morgan fingerprint density at radius 1 is 1.13 bits per heavy atom. The molecule has 0 radical (unpaired) electrons. The first-order valence-corrected chi connectivity index (χ1v) is 9.67. The zero-order chi connectivity index (χ0) is 22.3. The maximum atomic E-state index is 12.8. The zero-order valence-electron chi connectivity index (χ0n) is 17.5. The first-order valence-electron chi connectivity index (χ1n) is 9.67. The second-order valence-electron chi connectivity index (χ2n) is 6.98. The maximum Gasteiger partial charge on any atom is 0.314 e.